The normalized spacial score (nSPS) is 15.4. The number of carboxylic acids is 1. The molecular weight excluding hydrogens is 358 g/mol. The van der Waals surface area contributed by atoms with E-state index in [1.54, 1.807) is 21.1 Å². The number of likely N-dealkylation sites (N-methyl/N-ethyl adjacent to an activating group) is 1. The highest BCUT2D eigenvalue weighted by Crippen LogP contribution is 2.44. The van der Waals surface area contributed by atoms with Gasteiger partial charge in [-0.25, -0.2) is 4.79 Å². The number of ether oxygens (including phenoxy) is 1. The van der Waals surface area contributed by atoms with Crippen LogP contribution >= 0.6 is 0 Å². The van der Waals surface area contributed by atoms with Crippen LogP contribution in [-0.2, 0) is 14.3 Å². The van der Waals surface area contributed by atoms with Crippen molar-refractivity contribution >= 4 is 11.9 Å². The van der Waals surface area contributed by atoms with Gasteiger partial charge in [-0.1, -0.05) is 48.5 Å². The average molecular weight is 384 g/mol. The van der Waals surface area contributed by atoms with Crippen LogP contribution in [0.15, 0.2) is 48.5 Å². The van der Waals surface area contributed by atoms with Gasteiger partial charge < -0.3 is 19.4 Å². The zero-order valence-corrected chi connectivity index (χ0v) is 16.4. The predicted octanol–water partition coefficient (Wildman–Crippen LogP) is 2.25. The Hall–Kier alpha value is -2.70. The molecule has 2 aromatic rings. The third-order valence-corrected chi connectivity index (χ3v) is 4.90. The number of rotatable bonds is 7. The Labute approximate surface area is 164 Å². The van der Waals surface area contributed by atoms with Crippen molar-refractivity contribution in [1.82, 2.24) is 0 Å². The van der Waals surface area contributed by atoms with Gasteiger partial charge in [-0.2, -0.15) is 0 Å². The molecule has 0 radical (unpaired) electrons. The molecule has 1 aliphatic rings. The van der Waals surface area contributed by atoms with E-state index in [4.69, 9.17) is 9.84 Å². The van der Waals surface area contributed by atoms with Gasteiger partial charge in [-0.05, 0) is 22.3 Å². The molecule has 6 heteroatoms. The fourth-order valence-electron chi connectivity index (χ4n) is 3.96. The molecule has 0 aliphatic heterocycles. The number of nitrogens with zero attached hydrogens (tertiary/aromatic N) is 1. The highest BCUT2D eigenvalue weighted by atomic mass is 16.6. The van der Waals surface area contributed by atoms with E-state index in [0.717, 1.165) is 22.3 Å². The summed E-state index contributed by atoms with van der Waals surface area (Å²) < 4.78 is 5.72. The van der Waals surface area contributed by atoms with Gasteiger partial charge in [0.2, 0.25) is 5.60 Å². The van der Waals surface area contributed by atoms with Crippen molar-refractivity contribution in [3.8, 4) is 11.1 Å². The summed E-state index contributed by atoms with van der Waals surface area (Å²) in [6, 6.07) is 15.9. The largest absolute Gasteiger partial charge is 0.481 e. The van der Waals surface area contributed by atoms with E-state index in [-0.39, 0.29) is 23.6 Å². The quantitative estimate of drug-likeness (QED) is 0.565. The number of hydrogen-bond donors (Lipinski definition) is 2. The standard InChI is InChI=1S/C22H25NO5/c1-23(2,3)14-22(27,12-20(24)25)21(26)28-13-19-17-10-6-4-8-15(17)16-9-5-7-11-18(16)19/h4-11,19,27H,12-14H2,1-3H3/p+1. The zero-order valence-electron chi connectivity index (χ0n) is 16.4. The Balaban J connectivity index is 1.82. The van der Waals surface area contributed by atoms with Crippen LogP contribution < -0.4 is 0 Å². The van der Waals surface area contributed by atoms with Gasteiger partial charge in [0, 0.05) is 5.92 Å². The first-order chi connectivity index (χ1) is 13.1. The first kappa shape index (κ1) is 20.0. The minimum absolute atomic E-state index is 0.0476. The summed E-state index contributed by atoms with van der Waals surface area (Å²) in [5.41, 5.74) is 2.24. The van der Waals surface area contributed by atoms with E-state index in [1.165, 1.54) is 0 Å². The summed E-state index contributed by atoms with van der Waals surface area (Å²) >= 11 is 0. The van der Waals surface area contributed by atoms with Crippen LogP contribution in [0.3, 0.4) is 0 Å². The highest BCUT2D eigenvalue weighted by Gasteiger charge is 2.45. The molecule has 0 heterocycles. The second-order valence-electron chi connectivity index (χ2n) is 8.38. The van der Waals surface area contributed by atoms with Gasteiger partial charge in [0.15, 0.2) is 0 Å². The van der Waals surface area contributed by atoms with Crippen molar-refractivity contribution in [1.29, 1.82) is 0 Å². The molecule has 2 aromatic carbocycles. The third-order valence-electron chi connectivity index (χ3n) is 4.90. The molecule has 0 amide bonds. The second kappa shape index (κ2) is 7.37. The number of hydrogen-bond acceptors (Lipinski definition) is 4. The molecule has 28 heavy (non-hydrogen) atoms. The predicted molar refractivity (Wildman–Crippen MR) is 105 cm³/mol. The van der Waals surface area contributed by atoms with Gasteiger partial charge in [0.25, 0.3) is 0 Å². The van der Waals surface area contributed by atoms with Gasteiger partial charge in [-0.15, -0.1) is 0 Å². The lowest BCUT2D eigenvalue weighted by atomic mass is 9.96. The van der Waals surface area contributed by atoms with E-state index in [1.807, 2.05) is 48.5 Å². The van der Waals surface area contributed by atoms with E-state index in [2.05, 4.69) is 0 Å². The van der Waals surface area contributed by atoms with Crippen molar-refractivity contribution in [2.75, 3.05) is 34.3 Å². The number of carboxylic acid groups (broad SMARTS) is 1. The minimum Gasteiger partial charge on any atom is -0.481 e. The molecule has 0 fully saturated rings. The molecule has 2 N–H and O–H groups in total. The first-order valence-electron chi connectivity index (χ1n) is 9.21. The van der Waals surface area contributed by atoms with Crippen LogP contribution in [0.5, 0.6) is 0 Å². The lowest BCUT2D eigenvalue weighted by molar-refractivity contribution is -0.875. The molecule has 0 bridgehead atoms. The maximum Gasteiger partial charge on any atom is 0.344 e. The summed E-state index contributed by atoms with van der Waals surface area (Å²) in [6.45, 7) is -0.0120. The smallest absolute Gasteiger partial charge is 0.344 e. The van der Waals surface area contributed by atoms with E-state index < -0.39 is 24.0 Å². The molecule has 1 atom stereocenters. The van der Waals surface area contributed by atoms with Gasteiger partial charge >= 0.3 is 11.9 Å². The lowest BCUT2D eigenvalue weighted by Crippen LogP contribution is -2.55. The summed E-state index contributed by atoms with van der Waals surface area (Å²) in [7, 11) is 5.34. The van der Waals surface area contributed by atoms with Crippen LogP contribution in [0.25, 0.3) is 11.1 Å². The molecule has 0 saturated heterocycles. The van der Waals surface area contributed by atoms with Crippen molar-refractivity contribution in [2.24, 2.45) is 0 Å². The maximum atomic E-state index is 12.7. The highest BCUT2D eigenvalue weighted by molar-refractivity contribution is 5.85. The monoisotopic (exact) mass is 384 g/mol. The minimum atomic E-state index is -2.08. The number of carbonyl (C=O) groups excluding carboxylic acids is 1. The van der Waals surface area contributed by atoms with E-state index in [9.17, 15) is 14.7 Å². The van der Waals surface area contributed by atoms with Gasteiger partial charge in [-0.3, -0.25) is 4.79 Å². The lowest BCUT2D eigenvalue weighted by Gasteiger charge is -2.33. The molecule has 1 aliphatic carbocycles. The Bertz CT molecular complexity index is 856. The van der Waals surface area contributed by atoms with E-state index in [0.29, 0.717) is 0 Å². The molecule has 6 nitrogen and oxygen atoms in total. The maximum absolute atomic E-state index is 12.7. The average Bonchev–Trinajstić information content (AvgIpc) is 2.91. The number of esters is 1. The van der Waals surface area contributed by atoms with Crippen LogP contribution in [0.2, 0.25) is 0 Å². The van der Waals surface area contributed by atoms with Crippen LogP contribution in [-0.4, -0.2) is 66.5 Å². The number of aliphatic carboxylic acids is 1. The second-order valence-corrected chi connectivity index (χ2v) is 8.38. The molecule has 3 rings (SSSR count). The van der Waals surface area contributed by atoms with Crippen LogP contribution in [0, 0.1) is 0 Å². The fraction of sp³-hybridized carbons (Fsp3) is 0.364. The Morgan fingerprint density at radius 3 is 1.96 bits per heavy atom. The number of fused-ring (bicyclic) bond motifs is 3. The van der Waals surface area contributed by atoms with E-state index >= 15 is 0 Å². The summed E-state index contributed by atoms with van der Waals surface area (Å²) in [6.07, 6.45) is -0.695. The van der Waals surface area contributed by atoms with Crippen molar-refractivity contribution in [3.05, 3.63) is 59.7 Å². The van der Waals surface area contributed by atoms with Crippen LogP contribution in [0.1, 0.15) is 23.5 Å². The molecule has 0 spiro atoms. The number of aliphatic hydroxyl groups is 1. The summed E-state index contributed by atoms with van der Waals surface area (Å²) in [5, 5.41) is 19.9. The molecular formula is C22H26NO5+. The van der Waals surface area contributed by atoms with Gasteiger partial charge in [0.05, 0.1) is 27.6 Å². The first-order valence-corrected chi connectivity index (χ1v) is 9.21. The Kier molecular flexibility index (Phi) is 5.28. The molecule has 0 aromatic heterocycles. The fourth-order valence-corrected chi connectivity index (χ4v) is 3.96. The number of quaternary nitrogens is 1. The number of carbonyl (C=O) groups is 2. The van der Waals surface area contributed by atoms with Crippen molar-refractivity contribution < 1.29 is 29.0 Å². The SMILES string of the molecule is C[N+](C)(C)CC(O)(CC(=O)O)C(=O)OCC1c2ccccc2-c2ccccc21. The molecule has 1 unspecified atom stereocenters. The third kappa shape index (κ3) is 4.08. The van der Waals surface area contributed by atoms with Crippen molar-refractivity contribution in [3.63, 3.8) is 0 Å². The topological polar surface area (TPSA) is 83.8 Å². The zero-order chi connectivity index (χ0) is 20.5. The summed E-state index contributed by atoms with van der Waals surface area (Å²) in [4.78, 5) is 23.9. The van der Waals surface area contributed by atoms with Crippen LogP contribution in [0.4, 0.5) is 0 Å². The summed E-state index contributed by atoms with van der Waals surface area (Å²) in [5.74, 6) is -2.29. The van der Waals surface area contributed by atoms with Gasteiger partial charge in [0.1, 0.15) is 13.2 Å². The molecule has 0 saturated carbocycles. The Morgan fingerprint density at radius 1 is 1.00 bits per heavy atom. The number of benzene rings is 2. The molecule has 148 valence electrons. The Morgan fingerprint density at radius 2 is 1.50 bits per heavy atom. The van der Waals surface area contributed by atoms with Crippen molar-refractivity contribution in [2.45, 2.75) is 17.9 Å².